The van der Waals surface area contributed by atoms with Crippen molar-refractivity contribution in [2.75, 3.05) is 20.8 Å². The number of ether oxygens (including phenoxy) is 2. The van der Waals surface area contributed by atoms with E-state index in [-0.39, 0.29) is 11.7 Å². The molecule has 0 heterocycles. The van der Waals surface area contributed by atoms with Gasteiger partial charge in [0, 0.05) is 20.1 Å². The zero-order valence-electron chi connectivity index (χ0n) is 10.9. The molecule has 0 saturated heterocycles. The first-order chi connectivity index (χ1) is 8.08. The van der Waals surface area contributed by atoms with Gasteiger partial charge in [0.05, 0.1) is 12.7 Å². The van der Waals surface area contributed by atoms with E-state index in [4.69, 9.17) is 9.47 Å². The van der Waals surface area contributed by atoms with E-state index >= 15 is 0 Å². The van der Waals surface area contributed by atoms with E-state index in [0.717, 1.165) is 5.56 Å². The Morgan fingerprint density at radius 1 is 1.35 bits per heavy atom. The van der Waals surface area contributed by atoms with E-state index in [1.807, 2.05) is 32.0 Å². The van der Waals surface area contributed by atoms with E-state index in [2.05, 4.69) is 0 Å². The highest BCUT2D eigenvalue weighted by Crippen LogP contribution is 2.22. The van der Waals surface area contributed by atoms with Gasteiger partial charge in [0.25, 0.3) is 0 Å². The van der Waals surface area contributed by atoms with Gasteiger partial charge in [-0.3, -0.25) is 4.79 Å². The molecule has 0 aliphatic rings. The summed E-state index contributed by atoms with van der Waals surface area (Å²) in [5.41, 5.74) is 1.73. The first kappa shape index (κ1) is 13.7. The van der Waals surface area contributed by atoms with Crippen molar-refractivity contribution in [1.29, 1.82) is 0 Å². The lowest BCUT2D eigenvalue weighted by Gasteiger charge is -2.12. The zero-order chi connectivity index (χ0) is 12.8. The predicted octanol–water partition coefficient (Wildman–Crippen LogP) is 2.86. The van der Waals surface area contributed by atoms with Gasteiger partial charge in [0.1, 0.15) is 5.75 Å². The van der Waals surface area contributed by atoms with E-state index in [0.29, 0.717) is 24.3 Å². The van der Waals surface area contributed by atoms with Gasteiger partial charge in [-0.1, -0.05) is 18.6 Å². The molecule has 0 saturated carbocycles. The van der Waals surface area contributed by atoms with Gasteiger partial charge in [-0.2, -0.15) is 0 Å². The standard InChI is InChI=1S/C14H20O3/c1-10-5-6-14(17-4)12(7-10)13(15)8-11(2)9-16-3/h5-7,11H,8-9H2,1-4H3. The molecule has 1 unspecified atom stereocenters. The lowest BCUT2D eigenvalue weighted by Crippen LogP contribution is -2.11. The van der Waals surface area contributed by atoms with Crippen LogP contribution in [0.25, 0.3) is 0 Å². The average Bonchev–Trinajstić information content (AvgIpc) is 2.29. The third kappa shape index (κ3) is 3.86. The van der Waals surface area contributed by atoms with Crippen molar-refractivity contribution in [2.24, 2.45) is 5.92 Å². The SMILES string of the molecule is COCC(C)CC(=O)c1cc(C)ccc1OC. The minimum absolute atomic E-state index is 0.107. The first-order valence-electron chi connectivity index (χ1n) is 5.75. The van der Waals surface area contributed by atoms with Crippen molar-refractivity contribution in [1.82, 2.24) is 0 Å². The number of carbonyl (C=O) groups is 1. The number of hydrogen-bond acceptors (Lipinski definition) is 3. The van der Waals surface area contributed by atoms with Crippen LogP contribution in [0.4, 0.5) is 0 Å². The number of carbonyl (C=O) groups excluding carboxylic acids is 1. The molecule has 0 aliphatic heterocycles. The van der Waals surface area contributed by atoms with Crippen LogP contribution in [0.15, 0.2) is 18.2 Å². The van der Waals surface area contributed by atoms with Gasteiger partial charge in [0.15, 0.2) is 5.78 Å². The molecule has 0 fully saturated rings. The van der Waals surface area contributed by atoms with Crippen LogP contribution in [-0.2, 0) is 4.74 Å². The molecule has 1 atom stereocenters. The normalized spacial score (nSPS) is 12.2. The van der Waals surface area contributed by atoms with Crippen molar-refractivity contribution < 1.29 is 14.3 Å². The van der Waals surface area contributed by atoms with Crippen LogP contribution in [-0.4, -0.2) is 26.6 Å². The fourth-order valence-corrected chi connectivity index (χ4v) is 1.81. The van der Waals surface area contributed by atoms with Crippen LogP contribution >= 0.6 is 0 Å². The maximum atomic E-state index is 12.1. The monoisotopic (exact) mass is 236 g/mol. The number of Topliss-reactive ketones (excluding diaryl/α,β-unsaturated/α-hetero) is 1. The number of methoxy groups -OCH3 is 2. The van der Waals surface area contributed by atoms with Gasteiger partial charge in [0.2, 0.25) is 0 Å². The van der Waals surface area contributed by atoms with Crippen LogP contribution in [0.2, 0.25) is 0 Å². The average molecular weight is 236 g/mol. The van der Waals surface area contributed by atoms with Crippen LogP contribution in [0.5, 0.6) is 5.75 Å². The number of aryl methyl sites for hydroxylation is 1. The van der Waals surface area contributed by atoms with Crippen molar-refractivity contribution >= 4 is 5.78 Å². The Kier molecular flexibility index (Phi) is 5.16. The second kappa shape index (κ2) is 6.40. The first-order valence-corrected chi connectivity index (χ1v) is 5.75. The molecule has 0 aliphatic carbocycles. The summed E-state index contributed by atoms with van der Waals surface area (Å²) >= 11 is 0. The van der Waals surface area contributed by atoms with Gasteiger partial charge >= 0.3 is 0 Å². The molecule has 94 valence electrons. The quantitative estimate of drug-likeness (QED) is 0.712. The molecule has 0 N–H and O–H groups in total. The zero-order valence-corrected chi connectivity index (χ0v) is 10.9. The highest BCUT2D eigenvalue weighted by molar-refractivity contribution is 5.99. The second-order valence-electron chi connectivity index (χ2n) is 4.39. The lowest BCUT2D eigenvalue weighted by molar-refractivity contribution is 0.0917. The van der Waals surface area contributed by atoms with Gasteiger partial charge in [-0.05, 0) is 25.0 Å². The molecule has 1 aromatic rings. The topological polar surface area (TPSA) is 35.5 Å². The summed E-state index contributed by atoms with van der Waals surface area (Å²) in [7, 11) is 3.23. The molecular formula is C14H20O3. The van der Waals surface area contributed by atoms with E-state index in [1.54, 1.807) is 14.2 Å². The molecule has 3 nitrogen and oxygen atoms in total. The van der Waals surface area contributed by atoms with Crippen LogP contribution in [0.1, 0.15) is 29.3 Å². The van der Waals surface area contributed by atoms with E-state index in [9.17, 15) is 4.79 Å². The van der Waals surface area contributed by atoms with Crippen molar-refractivity contribution in [3.63, 3.8) is 0 Å². The second-order valence-corrected chi connectivity index (χ2v) is 4.39. The fourth-order valence-electron chi connectivity index (χ4n) is 1.81. The van der Waals surface area contributed by atoms with Crippen molar-refractivity contribution in [3.8, 4) is 5.75 Å². The smallest absolute Gasteiger partial charge is 0.166 e. The van der Waals surface area contributed by atoms with Crippen molar-refractivity contribution in [2.45, 2.75) is 20.3 Å². The summed E-state index contributed by atoms with van der Waals surface area (Å²) in [6.07, 6.45) is 0.480. The maximum Gasteiger partial charge on any atom is 0.166 e. The highest BCUT2D eigenvalue weighted by atomic mass is 16.5. The Morgan fingerprint density at radius 3 is 2.65 bits per heavy atom. The minimum Gasteiger partial charge on any atom is -0.496 e. The van der Waals surface area contributed by atoms with E-state index < -0.39 is 0 Å². The molecule has 0 amide bonds. The molecule has 0 aromatic heterocycles. The maximum absolute atomic E-state index is 12.1. The summed E-state index contributed by atoms with van der Waals surface area (Å²) in [5, 5.41) is 0. The van der Waals surface area contributed by atoms with Crippen LogP contribution < -0.4 is 4.74 Å². The van der Waals surface area contributed by atoms with Gasteiger partial charge in [-0.15, -0.1) is 0 Å². The fraction of sp³-hybridized carbons (Fsp3) is 0.500. The molecule has 17 heavy (non-hydrogen) atoms. The van der Waals surface area contributed by atoms with Crippen LogP contribution in [0, 0.1) is 12.8 Å². The Balaban J connectivity index is 2.83. The highest BCUT2D eigenvalue weighted by Gasteiger charge is 2.15. The molecule has 1 aromatic carbocycles. The largest absolute Gasteiger partial charge is 0.496 e. The molecule has 1 rings (SSSR count). The van der Waals surface area contributed by atoms with E-state index in [1.165, 1.54) is 0 Å². The third-order valence-electron chi connectivity index (χ3n) is 2.64. The summed E-state index contributed by atoms with van der Waals surface area (Å²) < 4.78 is 10.2. The molecule has 0 bridgehead atoms. The number of hydrogen-bond donors (Lipinski definition) is 0. The lowest BCUT2D eigenvalue weighted by atomic mass is 9.98. The number of benzene rings is 1. The minimum atomic E-state index is 0.107. The molecule has 0 radical (unpaired) electrons. The molecule has 0 spiro atoms. The molecule has 3 heteroatoms. The summed E-state index contributed by atoms with van der Waals surface area (Å²) in [5.74, 6) is 0.970. The van der Waals surface area contributed by atoms with Gasteiger partial charge < -0.3 is 9.47 Å². The number of ketones is 1. The van der Waals surface area contributed by atoms with Gasteiger partial charge in [-0.25, -0.2) is 0 Å². The van der Waals surface area contributed by atoms with Crippen molar-refractivity contribution in [3.05, 3.63) is 29.3 Å². The number of rotatable bonds is 6. The molecular weight excluding hydrogens is 216 g/mol. The summed E-state index contributed by atoms with van der Waals surface area (Å²) in [4.78, 5) is 12.1. The predicted molar refractivity (Wildman–Crippen MR) is 67.7 cm³/mol. The Hall–Kier alpha value is -1.35. The Morgan fingerprint density at radius 2 is 2.06 bits per heavy atom. The summed E-state index contributed by atoms with van der Waals surface area (Å²) in [6, 6.07) is 5.65. The summed E-state index contributed by atoms with van der Waals surface area (Å²) in [6.45, 7) is 4.57. The Bertz CT molecular complexity index is 385. The van der Waals surface area contributed by atoms with Crippen LogP contribution in [0.3, 0.4) is 0 Å². The third-order valence-corrected chi connectivity index (χ3v) is 2.64. The Labute approximate surface area is 103 Å².